The fourth-order valence-corrected chi connectivity index (χ4v) is 5.54. The highest BCUT2D eigenvalue weighted by Crippen LogP contribution is 2.45. The van der Waals surface area contributed by atoms with Crippen molar-refractivity contribution in [3.8, 4) is 11.1 Å². The molecule has 0 bridgehead atoms. The van der Waals surface area contributed by atoms with Crippen LogP contribution in [0.4, 0.5) is 4.79 Å². The van der Waals surface area contributed by atoms with Gasteiger partial charge in [-0.1, -0.05) is 55.0 Å². The Kier molecular flexibility index (Phi) is 5.77. The van der Waals surface area contributed by atoms with E-state index < -0.39 is 29.6 Å². The summed E-state index contributed by atoms with van der Waals surface area (Å²) in [5, 5.41) is 22.1. The normalized spacial score (nSPS) is 22.4. The Labute approximate surface area is 197 Å². The zero-order valence-electron chi connectivity index (χ0n) is 18.8. The van der Waals surface area contributed by atoms with Crippen molar-refractivity contribution < 1.29 is 29.3 Å². The van der Waals surface area contributed by atoms with Crippen molar-refractivity contribution in [2.45, 2.75) is 43.7 Å². The first-order chi connectivity index (χ1) is 16.4. The molecule has 0 aromatic heterocycles. The number of fused-ring (bicyclic) bond motifs is 3. The number of hydrogen-bond donors (Lipinski definition) is 3. The van der Waals surface area contributed by atoms with E-state index >= 15 is 0 Å². The van der Waals surface area contributed by atoms with Gasteiger partial charge in [0, 0.05) is 25.4 Å². The molecular weight excluding hydrogens is 436 g/mol. The number of rotatable bonds is 6. The minimum absolute atomic E-state index is 0.00247. The summed E-state index contributed by atoms with van der Waals surface area (Å²) < 4.78 is 5.58. The molecule has 8 heteroatoms. The Balaban J connectivity index is 1.22. The third-order valence-corrected chi connectivity index (χ3v) is 7.50. The number of aliphatic hydroxyl groups excluding tert-OH is 1. The van der Waals surface area contributed by atoms with Crippen LogP contribution in [0, 0.1) is 5.41 Å². The van der Waals surface area contributed by atoms with Crippen LogP contribution in [0.15, 0.2) is 48.5 Å². The van der Waals surface area contributed by atoms with Crippen molar-refractivity contribution in [1.29, 1.82) is 0 Å². The number of alkyl carbamates (subject to hydrolysis) is 1. The van der Waals surface area contributed by atoms with E-state index in [1.54, 1.807) is 0 Å². The second-order valence-corrected chi connectivity index (χ2v) is 9.51. The topological polar surface area (TPSA) is 116 Å². The van der Waals surface area contributed by atoms with Crippen molar-refractivity contribution in [1.82, 2.24) is 10.2 Å². The third kappa shape index (κ3) is 3.81. The number of aliphatic carboxylic acids is 1. The van der Waals surface area contributed by atoms with Crippen LogP contribution < -0.4 is 5.32 Å². The van der Waals surface area contributed by atoms with E-state index in [2.05, 4.69) is 17.4 Å². The van der Waals surface area contributed by atoms with Crippen molar-refractivity contribution in [3.05, 3.63) is 59.7 Å². The van der Waals surface area contributed by atoms with Gasteiger partial charge in [0.2, 0.25) is 5.91 Å². The summed E-state index contributed by atoms with van der Waals surface area (Å²) in [6.45, 7) is 0.268. The highest BCUT2D eigenvalue weighted by molar-refractivity contribution is 5.89. The number of hydrogen-bond acceptors (Lipinski definition) is 5. The molecule has 178 valence electrons. The molecule has 2 atom stereocenters. The zero-order chi connectivity index (χ0) is 23.9. The summed E-state index contributed by atoms with van der Waals surface area (Å²) in [7, 11) is 0. The lowest BCUT2D eigenvalue weighted by atomic mass is 9.67. The van der Waals surface area contributed by atoms with Gasteiger partial charge in [0.15, 0.2) is 0 Å². The van der Waals surface area contributed by atoms with Gasteiger partial charge in [-0.2, -0.15) is 0 Å². The number of benzene rings is 2. The van der Waals surface area contributed by atoms with Crippen molar-refractivity contribution in [2.24, 2.45) is 5.41 Å². The van der Waals surface area contributed by atoms with Gasteiger partial charge in [-0.25, -0.2) is 9.59 Å². The first-order valence-corrected chi connectivity index (χ1v) is 11.7. The van der Waals surface area contributed by atoms with Gasteiger partial charge in [-0.05, 0) is 35.1 Å². The maximum Gasteiger partial charge on any atom is 0.407 e. The second-order valence-electron chi connectivity index (χ2n) is 9.51. The molecule has 1 aliphatic heterocycles. The fourth-order valence-electron chi connectivity index (χ4n) is 5.54. The van der Waals surface area contributed by atoms with Crippen molar-refractivity contribution in [3.63, 3.8) is 0 Å². The lowest BCUT2D eigenvalue weighted by molar-refractivity contribution is -0.156. The van der Waals surface area contributed by atoms with Crippen LogP contribution in [0.2, 0.25) is 0 Å². The quantitative estimate of drug-likeness (QED) is 0.605. The lowest BCUT2D eigenvalue weighted by Crippen LogP contribution is -2.56. The van der Waals surface area contributed by atoms with E-state index in [-0.39, 0.29) is 37.9 Å². The van der Waals surface area contributed by atoms with E-state index in [4.69, 9.17) is 4.74 Å². The largest absolute Gasteiger partial charge is 0.480 e. The van der Waals surface area contributed by atoms with E-state index in [9.17, 15) is 24.6 Å². The smallest absolute Gasteiger partial charge is 0.407 e. The van der Waals surface area contributed by atoms with Gasteiger partial charge in [0.1, 0.15) is 12.6 Å². The molecule has 2 unspecified atom stereocenters. The minimum atomic E-state index is -1.12. The predicted molar refractivity (Wildman–Crippen MR) is 123 cm³/mol. The molecule has 1 saturated heterocycles. The summed E-state index contributed by atoms with van der Waals surface area (Å²) in [5.41, 5.74) is 3.69. The summed E-state index contributed by atoms with van der Waals surface area (Å²) >= 11 is 0. The average molecular weight is 465 g/mol. The van der Waals surface area contributed by atoms with E-state index in [1.807, 2.05) is 36.4 Å². The lowest BCUT2D eigenvalue weighted by Gasteiger charge is -2.43. The molecule has 34 heavy (non-hydrogen) atoms. The van der Waals surface area contributed by atoms with Crippen LogP contribution in [0.25, 0.3) is 11.1 Å². The molecule has 3 aliphatic rings. The molecule has 3 N–H and O–H groups in total. The van der Waals surface area contributed by atoms with Crippen molar-refractivity contribution in [2.75, 3.05) is 19.7 Å². The van der Waals surface area contributed by atoms with Gasteiger partial charge in [-0.15, -0.1) is 0 Å². The van der Waals surface area contributed by atoms with Gasteiger partial charge in [0.05, 0.1) is 11.5 Å². The fraction of sp³-hybridized carbons (Fsp3) is 0.423. The number of carbonyl (C=O) groups is 3. The number of amides is 2. The molecule has 2 fully saturated rings. The van der Waals surface area contributed by atoms with Crippen LogP contribution in [0.5, 0.6) is 0 Å². The number of ether oxygens (including phenoxy) is 1. The molecule has 1 saturated carbocycles. The van der Waals surface area contributed by atoms with Gasteiger partial charge in [0.25, 0.3) is 0 Å². The minimum Gasteiger partial charge on any atom is -0.480 e. The van der Waals surface area contributed by atoms with E-state index in [1.165, 1.54) is 4.90 Å². The number of nitrogens with zero attached hydrogens (tertiary/aromatic N) is 1. The van der Waals surface area contributed by atoms with E-state index in [0.717, 1.165) is 28.7 Å². The zero-order valence-corrected chi connectivity index (χ0v) is 18.8. The Hall–Kier alpha value is -3.39. The number of β-amino-alcohol motifs (C(OH)–C–C–N with tert-alkyl or cyclic N) is 1. The molecule has 2 aromatic rings. The summed E-state index contributed by atoms with van der Waals surface area (Å²) in [6.07, 6.45) is 0.529. The predicted octanol–water partition coefficient (Wildman–Crippen LogP) is 2.74. The molecule has 0 radical (unpaired) electrons. The number of likely N-dealkylation sites (tertiary alicyclic amines) is 1. The Morgan fingerprint density at radius 1 is 1.03 bits per heavy atom. The molecule has 2 aliphatic carbocycles. The van der Waals surface area contributed by atoms with Gasteiger partial charge >= 0.3 is 12.1 Å². The Morgan fingerprint density at radius 3 is 2.21 bits per heavy atom. The Morgan fingerprint density at radius 2 is 1.65 bits per heavy atom. The standard InChI is InChI=1S/C26H28N2O6/c29-16-12-22(23(30)31)28(13-16)24(32)26(10-5-11-26)15-27-25(33)34-14-21-19-8-3-1-6-17(19)18-7-2-4-9-20(18)21/h1-4,6-9,16,21-22,29H,5,10-15H2,(H,27,33)(H,30,31). The van der Waals surface area contributed by atoms with E-state index in [0.29, 0.717) is 12.8 Å². The maximum absolute atomic E-state index is 13.2. The summed E-state index contributed by atoms with van der Waals surface area (Å²) in [6, 6.07) is 15.1. The Bertz CT molecular complexity index is 1080. The van der Waals surface area contributed by atoms with Crippen molar-refractivity contribution >= 4 is 18.0 Å². The van der Waals surface area contributed by atoms with Crippen LogP contribution >= 0.6 is 0 Å². The molecular formula is C26H28N2O6. The molecule has 5 rings (SSSR count). The molecule has 2 amide bonds. The number of nitrogens with one attached hydrogen (secondary N) is 1. The first-order valence-electron chi connectivity index (χ1n) is 11.7. The molecule has 0 spiro atoms. The number of carboxylic acids is 1. The highest BCUT2D eigenvalue weighted by Gasteiger charge is 2.51. The second kappa shape index (κ2) is 8.76. The van der Waals surface area contributed by atoms with Crippen LogP contribution in [0.3, 0.4) is 0 Å². The van der Waals surface area contributed by atoms with Crippen LogP contribution in [0.1, 0.15) is 42.7 Å². The monoisotopic (exact) mass is 464 g/mol. The molecule has 1 heterocycles. The number of carbonyl (C=O) groups excluding carboxylic acids is 2. The number of aliphatic hydroxyl groups is 1. The SMILES string of the molecule is O=C(NCC1(C(=O)N2CC(O)CC2C(=O)O)CCC1)OCC1c2ccccc2-c2ccccc21. The van der Waals surface area contributed by atoms with Crippen LogP contribution in [-0.2, 0) is 14.3 Å². The number of carboxylic acid groups (broad SMARTS) is 1. The summed E-state index contributed by atoms with van der Waals surface area (Å²) in [5.74, 6) is -1.50. The van der Waals surface area contributed by atoms with Crippen LogP contribution in [-0.4, -0.2) is 64.9 Å². The van der Waals surface area contributed by atoms with Gasteiger partial charge < -0.3 is 25.2 Å². The first kappa shape index (κ1) is 22.4. The highest BCUT2D eigenvalue weighted by atomic mass is 16.5. The van der Waals surface area contributed by atoms with Gasteiger partial charge in [-0.3, -0.25) is 4.79 Å². The molecule has 2 aromatic carbocycles. The average Bonchev–Trinajstić information content (AvgIpc) is 3.35. The third-order valence-electron chi connectivity index (χ3n) is 7.50. The molecule has 8 nitrogen and oxygen atoms in total. The maximum atomic E-state index is 13.2. The summed E-state index contributed by atoms with van der Waals surface area (Å²) in [4.78, 5) is 38.6.